The minimum Gasteiger partial charge on any atom is -0.234 e. The van der Waals surface area contributed by atoms with Gasteiger partial charge in [-0.25, -0.2) is 9.13 Å². The van der Waals surface area contributed by atoms with E-state index in [4.69, 9.17) is 0 Å². The van der Waals surface area contributed by atoms with Crippen molar-refractivity contribution in [2.45, 2.75) is 117 Å². The van der Waals surface area contributed by atoms with E-state index in [1.807, 2.05) is 0 Å². The number of unbranched alkanes of at least 4 members (excludes halogenated alkanes) is 9. The number of hydrogen-bond acceptors (Lipinski definition) is 0. The molecule has 1 aromatic carbocycles. The lowest BCUT2D eigenvalue weighted by Crippen LogP contribution is -2.38. The molecular formula is C27H45N2+. The Balaban J connectivity index is 1.67. The van der Waals surface area contributed by atoms with Gasteiger partial charge in [-0.1, -0.05) is 102 Å². The van der Waals surface area contributed by atoms with Gasteiger partial charge >= 0.3 is 0 Å². The predicted molar refractivity (Wildman–Crippen MR) is 125 cm³/mol. The fourth-order valence-corrected chi connectivity index (χ4v) is 4.39. The average molecular weight is 398 g/mol. The van der Waals surface area contributed by atoms with Crippen molar-refractivity contribution in [3.63, 3.8) is 0 Å². The molecule has 0 aliphatic carbocycles. The monoisotopic (exact) mass is 397 g/mol. The molecule has 29 heavy (non-hydrogen) atoms. The lowest BCUT2D eigenvalue weighted by Gasteiger charge is -2.08. The molecule has 0 amide bonds. The molecule has 0 aliphatic rings. The van der Waals surface area contributed by atoms with Crippen LogP contribution in [0.4, 0.5) is 0 Å². The van der Waals surface area contributed by atoms with E-state index in [1.54, 1.807) is 0 Å². The Kier molecular flexibility index (Phi) is 11.8. The number of aryl methyl sites for hydroxylation is 3. The molecule has 0 saturated heterocycles. The van der Waals surface area contributed by atoms with E-state index in [0.29, 0.717) is 5.92 Å². The van der Waals surface area contributed by atoms with Crippen LogP contribution in [-0.4, -0.2) is 4.57 Å². The summed E-state index contributed by atoms with van der Waals surface area (Å²) in [7, 11) is 0. The van der Waals surface area contributed by atoms with Crippen molar-refractivity contribution in [2.24, 2.45) is 0 Å². The number of imidazole rings is 1. The molecule has 0 N–H and O–H groups in total. The van der Waals surface area contributed by atoms with E-state index in [9.17, 15) is 0 Å². The Morgan fingerprint density at radius 3 is 2.03 bits per heavy atom. The van der Waals surface area contributed by atoms with Gasteiger partial charge in [0.15, 0.2) is 0 Å². The van der Waals surface area contributed by atoms with E-state index < -0.39 is 0 Å². The summed E-state index contributed by atoms with van der Waals surface area (Å²) in [6, 6.07) is 10.9. The maximum Gasteiger partial charge on any atom is 0.258 e. The highest BCUT2D eigenvalue weighted by Gasteiger charge is 2.20. The van der Waals surface area contributed by atoms with Crippen molar-refractivity contribution in [3.8, 4) is 0 Å². The molecular weight excluding hydrogens is 352 g/mol. The molecule has 0 saturated carbocycles. The first-order valence-corrected chi connectivity index (χ1v) is 12.3. The van der Waals surface area contributed by atoms with Crippen LogP contribution in [0.5, 0.6) is 0 Å². The first-order valence-electron chi connectivity index (χ1n) is 12.3. The van der Waals surface area contributed by atoms with Crippen LogP contribution in [0.25, 0.3) is 0 Å². The second-order valence-corrected chi connectivity index (χ2v) is 8.97. The minimum absolute atomic E-state index is 0.574. The van der Waals surface area contributed by atoms with Crippen molar-refractivity contribution in [2.75, 3.05) is 0 Å². The zero-order chi connectivity index (χ0) is 20.7. The molecule has 2 aromatic rings. The maximum atomic E-state index is 2.51. The van der Waals surface area contributed by atoms with Crippen LogP contribution in [0.15, 0.2) is 42.7 Å². The summed E-state index contributed by atoms with van der Waals surface area (Å²) in [4.78, 5) is 0. The number of benzene rings is 1. The Hall–Kier alpha value is -1.57. The SMILES string of the molecule is CCCCCCCCCCCCn1cc[n+](CCCc2ccccc2)c1C(C)C. The Morgan fingerprint density at radius 1 is 0.793 bits per heavy atom. The number of aromatic nitrogens is 2. The van der Waals surface area contributed by atoms with Gasteiger partial charge in [-0.05, 0) is 31.2 Å². The number of nitrogens with zero attached hydrogens (tertiary/aromatic N) is 2. The van der Waals surface area contributed by atoms with Gasteiger partial charge in [0.05, 0.1) is 19.0 Å². The van der Waals surface area contributed by atoms with Crippen LogP contribution >= 0.6 is 0 Å². The third-order valence-electron chi connectivity index (χ3n) is 5.99. The first-order chi connectivity index (χ1) is 14.2. The summed E-state index contributed by atoms with van der Waals surface area (Å²) in [5, 5.41) is 0. The molecule has 2 nitrogen and oxygen atoms in total. The Labute approximate surface area is 180 Å². The Morgan fingerprint density at radius 2 is 1.41 bits per heavy atom. The molecule has 1 aromatic heterocycles. The van der Waals surface area contributed by atoms with Crippen LogP contribution in [-0.2, 0) is 19.5 Å². The molecule has 0 fully saturated rings. The third-order valence-corrected chi connectivity index (χ3v) is 5.99. The highest BCUT2D eigenvalue weighted by Crippen LogP contribution is 2.14. The molecule has 2 heteroatoms. The van der Waals surface area contributed by atoms with Crippen molar-refractivity contribution in [1.82, 2.24) is 4.57 Å². The van der Waals surface area contributed by atoms with Gasteiger partial charge in [0.2, 0.25) is 0 Å². The topological polar surface area (TPSA) is 8.81 Å². The van der Waals surface area contributed by atoms with Crippen LogP contribution in [0.1, 0.15) is 109 Å². The molecule has 0 bridgehead atoms. The second kappa shape index (κ2) is 14.4. The molecule has 1 heterocycles. The quantitative estimate of drug-likeness (QED) is 0.205. The molecule has 0 radical (unpaired) electrons. The van der Waals surface area contributed by atoms with E-state index in [-0.39, 0.29) is 0 Å². The summed E-state index contributed by atoms with van der Waals surface area (Å²) in [6.45, 7) is 9.25. The zero-order valence-electron chi connectivity index (χ0n) is 19.4. The summed E-state index contributed by atoms with van der Waals surface area (Å²) >= 11 is 0. The predicted octanol–water partition coefficient (Wildman–Crippen LogP) is 7.45. The van der Waals surface area contributed by atoms with Crippen molar-refractivity contribution >= 4 is 0 Å². The van der Waals surface area contributed by atoms with Crippen LogP contribution in [0.3, 0.4) is 0 Å². The molecule has 0 spiro atoms. The van der Waals surface area contributed by atoms with Gasteiger partial charge in [0.25, 0.3) is 5.82 Å². The fraction of sp³-hybridized carbons (Fsp3) is 0.667. The van der Waals surface area contributed by atoms with Gasteiger partial charge in [-0.2, -0.15) is 0 Å². The third kappa shape index (κ3) is 9.19. The van der Waals surface area contributed by atoms with Crippen LogP contribution in [0, 0.1) is 0 Å². The van der Waals surface area contributed by atoms with Gasteiger partial charge in [0.1, 0.15) is 12.4 Å². The highest BCUT2D eigenvalue weighted by molar-refractivity contribution is 5.14. The first kappa shape index (κ1) is 23.7. The Bertz CT molecular complexity index is 642. The van der Waals surface area contributed by atoms with E-state index in [0.717, 1.165) is 13.0 Å². The van der Waals surface area contributed by atoms with Crippen LogP contribution in [0.2, 0.25) is 0 Å². The van der Waals surface area contributed by atoms with Gasteiger partial charge < -0.3 is 0 Å². The average Bonchev–Trinajstić information content (AvgIpc) is 3.13. The number of rotatable bonds is 16. The standard InChI is InChI=1S/C27H45N2/c1-4-5-6-7-8-9-10-11-12-16-21-28-23-24-29(27(28)25(2)3)22-17-20-26-18-14-13-15-19-26/h13-15,18-19,23-25H,4-12,16-17,20-22H2,1-3H3/q+1. The number of hydrogen-bond donors (Lipinski definition) is 0. The van der Waals surface area contributed by atoms with Crippen LogP contribution < -0.4 is 4.57 Å². The molecule has 0 atom stereocenters. The largest absolute Gasteiger partial charge is 0.258 e. The summed E-state index contributed by atoms with van der Waals surface area (Å²) < 4.78 is 5.00. The fourth-order valence-electron chi connectivity index (χ4n) is 4.39. The van der Waals surface area contributed by atoms with Crippen molar-refractivity contribution in [3.05, 3.63) is 54.1 Å². The lowest BCUT2D eigenvalue weighted by molar-refractivity contribution is -0.705. The van der Waals surface area contributed by atoms with Crippen molar-refractivity contribution in [1.29, 1.82) is 0 Å². The summed E-state index contributed by atoms with van der Waals surface area (Å²) in [5.41, 5.74) is 1.45. The minimum atomic E-state index is 0.574. The highest BCUT2D eigenvalue weighted by atomic mass is 15.1. The summed E-state index contributed by atoms with van der Waals surface area (Å²) in [6.07, 6.45) is 21.0. The van der Waals surface area contributed by atoms with Crippen molar-refractivity contribution < 1.29 is 4.57 Å². The van der Waals surface area contributed by atoms with Gasteiger partial charge in [0, 0.05) is 0 Å². The zero-order valence-corrected chi connectivity index (χ0v) is 19.4. The normalized spacial score (nSPS) is 11.4. The lowest BCUT2D eigenvalue weighted by atomic mass is 10.1. The molecule has 0 unspecified atom stereocenters. The van der Waals surface area contributed by atoms with E-state index in [1.165, 1.54) is 88.6 Å². The maximum absolute atomic E-state index is 2.51. The van der Waals surface area contributed by atoms with Gasteiger partial charge in [-0.3, -0.25) is 0 Å². The molecule has 0 aliphatic heterocycles. The smallest absolute Gasteiger partial charge is 0.234 e. The molecule has 2 rings (SSSR count). The molecule has 162 valence electrons. The second-order valence-electron chi connectivity index (χ2n) is 8.97. The van der Waals surface area contributed by atoms with E-state index in [2.05, 4.69) is 72.6 Å². The summed E-state index contributed by atoms with van der Waals surface area (Å²) in [5.74, 6) is 2.07. The van der Waals surface area contributed by atoms with E-state index >= 15 is 0 Å². The van der Waals surface area contributed by atoms with Gasteiger partial charge in [-0.15, -0.1) is 0 Å².